The summed E-state index contributed by atoms with van der Waals surface area (Å²) in [5.41, 5.74) is -0.996. The smallest absolute Gasteiger partial charge is 0.363 e. The Labute approximate surface area is 131 Å². The van der Waals surface area contributed by atoms with Crippen LogP contribution in [0.4, 0.5) is 24.9 Å². The van der Waals surface area contributed by atoms with E-state index in [4.69, 9.17) is 0 Å². The molecule has 0 radical (unpaired) electrons. The molecule has 0 spiro atoms. The predicted molar refractivity (Wildman–Crippen MR) is 79.1 cm³/mol. The van der Waals surface area contributed by atoms with E-state index in [2.05, 4.69) is 25.5 Å². The monoisotopic (exact) mass is 329 g/mol. The standard InChI is InChI=1S/C13H18F3N7/c1-8(2)23-7-18-21-11(23)6-17-12-19-9(13(14,15)16)5-10(20-12)22(3)4/h5,7-8H,6H2,1-4H3,(H,17,19,20). The minimum Gasteiger partial charge on any atom is -0.363 e. The summed E-state index contributed by atoms with van der Waals surface area (Å²) < 4.78 is 40.6. The SMILES string of the molecule is CC(C)n1cnnc1CNc1nc(N(C)C)cc(C(F)(F)F)n1. The van der Waals surface area contributed by atoms with E-state index in [0.717, 1.165) is 6.07 Å². The van der Waals surface area contributed by atoms with Crippen LogP contribution in [0.2, 0.25) is 0 Å². The number of nitrogens with one attached hydrogen (secondary N) is 1. The molecule has 0 aliphatic heterocycles. The van der Waals surface area contributed by atoms with Crippen molar-refractivity contribution in [1.82, 2.24) is 24.7 Å². The molecule has 0 aromatic carbocycles. The molecule has 0 atom stereocenters. The van der Waals surface area contributed by atoms with Crippen molar-refractivity contribution in [1.29, 1.82) is 0 Å². The number of alkyl halides is 3. The number of hydrogen-bond donors (Lipinski definition) is 1. The second kappa shape index (κ2) is 6.39. The summed E-state index contributed by atoms with van der Waals surface area (Å²) in [7, 11) is 3.23. The first-order chi connectivity index (χ1) is 10.7. The highest BCUT2D eigenvalue weighted by molar-refractivity contribution is 5.44. The highest BCUT2D eigenvalue weighted by Gasteiger charge is 2.34. The van der Waals surface area contributed by atoms with Crippen LogP contribution in [0, 0.1) is 0 Å². The maximum absolute atomic E-state index is 12.9. The summed E-state index contributed by atoms with van der Waals surface area (Å²) in [5, 5.41) is 10.5. The lowest BCUT2D eigenvalue weighted by Crippen LogP contribution is -2.18. The summed E-state index contributed by atoms with van der Waals surface area (Å²) in [6, 6.07) is 1.04. The molecule has 0 aliphatic carbocycles. The van der Waals surface area contributed by atoms with Crippen LogP contribution in [0.1, 0.15) is 31.4 Å². The molecule has 126 valence electrons. The molecule has 0 bridgehead atoms. The second-order valence-electron chi connectivity index (χ2n) is 5.43. The predicted octanol–water partition coefficient (Wildman–Crippen LogP) is 2.35. The highest BCUT2D eigenvalue weighted by Crippen LogP contribution is 2.30. The lowest BCUT2D eigenvalue weighted by Gasteiger charge is -2.16. The molecule has 7 nitrogen and oxygen atoms in total. The van der Waals surface area contributed by atoms with Gasteiger partial charge in [0.1, 0.15) is 12.1 Å². The topological polar surface area (TPSA) is 71.8 Å². The number of halogens is 3. The molecule has 0 saturated heterocycles. The fourth-order valence-corrected chi connectivity index (χ4v) is 1.87. The first-order valence-electron chi connectivity index (χ1n) is 6.94. The van der Waals surface area contributed by atoms with Crippen molar-refractivity contribution in [3.63, 3.8) is 0 Å². The van der Waals surface area contributed by atoms with Crippen molar-refractivity contribution >= 4 is 11.8 Å². The number of nitrogens with zero attached hydrogens (tertiary/aromatic N) is 6. The third kappa shape index (κ3) is 4.08. The third-order valence-corrected chi connectivity index (χ3v) is 3.07. The number of rotatable bonds is 5. The Hall–Kier alpha value is -2.39. The normalized spacial score (nSPS) is 11.8. The largest absolute Gasteiger partial charge is 0.433 e. The van der Waals surface area contributed by atoms with Gasteiger partial charge in [0.15, 0.2) is 11.5 Å². The van der Waals surface area contributed by atoms with E-state index in [9.17, 15) is 13.2 Å². The molecule has 0 saturated carbocycles. The molecule has 23 heavy (non-hydrogen) atoms. The van der Waals surface area contributed by atoms with Gasteiger partial charge in [-0.3, -0.25) is 0 Å². The van der Waals surface area contributed by atoms with Crippen LogP contribution in [0.5, 0.6) is 0 Å². The van der Waals surface area contributed by atoms with Crippen molar-refractivity contribution in [2.45, 2.75) is 32.6 Å². The van der Waals surface area contributed by atoms with Crippen LogP contribution in [0.15, 0.2) is 12.4 Å². The first kappa shape index (κ1) is 17.0. The van der Waals surface area contributed by atoms with Crippen molar-refractivity contribution < 1.29 is 13.2 Å². The minimum atomic E-state index is -4.54. The van der Waals surface area contributed by atoms with E-state index < -0.39 is 11.9 Å². The molecule has 0 unspecified atom stereocenters. The van der Waals surface area contributed by atoms with E-state index in [-0.39, 0.29) is 24.4 Å². The quantitative estimate of drug-likeness (QED) is 0.908. The highest BCUT2D eigenvalue weighted by atomic mass is 19.4. The number of aromatic nitrogens is 5. The fourth-order valence-electron chi connectivity index (χ4n) is 1.87. The van der Waals surface area contributed by atoms with Gasteiger partial charge < -0.3 is 14.8 Å². The van der Waals surface area contributed by atoms with Gasteiger partial charge >= 0.3 is 6.18 Å². The van der Waals surface area contributed by atoms with Crippen molar-refractivity contribution in [2.24, 2.45) is 0 Å². The van der Waals surface area contributed by atoms with Gasteiger partial charge in [0, 0.05) is 26.2 Å². The zero-order valence-corrected chi connectivity index (χ0v) is 13.3. The van der Waals surface area contributed by atoms with E-state index in [1.807, 2.05) is 18.4 Å². The van der Waals surface area contributed by atoms with Crippen molar-refractivity contribution in [2.75, 3.05) is 24.3 Å². The lowest BCUT2D eigenvalue weighted by atomic mass is 10.3. The first-order valence-corrected chi connectivity index (χ1v) is 6.94. The van der Waals surface area contributed by atoms with Gasteiger partial charge in [-0.15, -0.1) is 10.2 Å². The summed E-state index contributed by atoms with van der Waals surface area (Å²) >= 11 is 0. The van der Waals surface area contributed by atoms with E-state index in [1.165, 1.54) is 4.90 Å². The molecule has 0 aliphatic rings. The molecule has 2 heterocycles. The van der Waals surface area contributed by atoms with Gasteiger partial charge in [-0.25, -0.2) is 4.98 Å². The third-order valence-electron chi connectivity index (χ3n) is 3.07. The fraction of sp³-hybridized carbons (Fsp3) is 0.538. The van der Waals surface area contributed by atoms with Crippen LogP contribution < -0.4 is 10.2 Å². The molecule has 2 aromatic rings. The molecule has 2 rings (SSSR count). The Morgan fingerprint density at radius 3 is 2.52 bits per heavy atom. The van der Waals surface area contributed by atoms with E-state index >= 15 is 0 Å². The van der Waals surface area contributed by atoms with Crippen LogP contribution in [-0.4, -0.2) is 38.8 Å². The van der Waals surface area contributed by atoms with Crippen molar-refractivity contribution in [3.8, 4) is 0 Å². The van der Waals surface area contributed by atoms with Gasteiger partial charge in [0.2, 0.25) is 5.95 Å². The van der Waals surface area contributed by atoms with Gasteiger partial charge in [-0.2, -0.15) is 18.2 Å². The Balaban J connectivity index is 2.25. The van der Waals surface area contributed by atoms with E-state index in [0.29, 0.717) is 5.82 Å². The van der Waals surface area contributed by atoms with Crippen LogP contribution in [0.3, 0.4) is 0 Å². The van der Waals surface area contributed by atoms with Gasteiger partial charge in [0.05, 0.1) is 6.54 Å². The molecule has 1 N–H and O–H groups in total. The van der Waals surface area contributed by atoms with Crippen LogP contribution >= 0.6 is 0 Å². The summed E-state index contributed by atoms with van der Waals surface area (Å²) in [5.74, 6) is 0.648. The summed E-state index contributed by atoms with van der Waals surface area (Å²) in [6.45, 7) is 4.09. The summed E-state index contributed by atoms with van der Waals surface area (Å²) in [6.07, 6.45) is -2.97. The Bertz CT molecular complexity index is 664. The zero-order chi connectivity index (χ0) is 17.2. The molecular weight excluding hydrogens is 311 g/mol. The lowest BCUT2D eigenvalue weighted by molar-refractivity contribution is -0.141. The average molecular weight is 329 g/mol. The Kier molecular flexibility index (Phi) is 4.71. The van der Waals surface area contributed by atoms with Crippen LogP contribution in [-0.2, 0) is 12.7 Å². The maximum atomic E-state index is 12.9. The Morgan fingerprint density at radius 2 is 1.96 bits per heavy atom. The maximum Gasteiger partial charge on any atom is 0.433 e. The average Bonchev–Trinajstić information content (AvgIpc) is 2.92. The van der Waals surface area contributed by atoms with E-state index in [1.54, 1.807) is 20.4 Å². The van der Waals surface area contributed by atoms with Crippen LogP contribution in [0.25, 0.3) is 0 Å². The van der Waals surface area contributed by atoms with Gasteiger partial charge in [-0.05, 0) is 13.8 Å². The second-order valence-corrected chi connectivity index (χ2v) is 5.43. The molecule has 0 fully saturated rings. The molecule has 10 heteroatoms. The summed E-state index contributed by atoms with van der Waals surface area (Å²) in [4.78, 5) is 9.08. The number of hydrogen-bond acceptors (Lipinski definition) is 6. The number of anilines is 2. The van der Waals surface area contributed by atoms with Gasteiger partial charge in [0.25, 0.3) is 0 Å². The molecular formula is C13H18F3N7. The molecule has 0 amide bonds. The van der Waals surface area contributed by atoms with Crippen molar-refractivity contribution in [3.05, 3.63) is 23.9 Å². The minimum absolute atomic E-state index is 0.109. The molecule has 2 aromatic heterocycles. The van der Waals surface area contributed by atoms with Gasteiger partial charge in [-0.1, -0.05) is 0 Å². The zero-order valence-electron chi connectivity index (χ0n) is 13.3. The Morgan fingerprint density at radius 1 is 1.26 bits per heavy atom.